The zero-order valence-corrected chi connectivity index (χ0v) is 11.6. The monoisotopic (exact) mass is 314 g/mol. The molecule has 0 aliphatic carbocycles. The van der Waals surface area contributed by atoms with E-state index in [2.05, 4.69) is 15.0 Å². The van der Waals surface area contributed by atoms with Crippen LogP contribution in [0, 0.1) is 0 Å². The zero-order valence-electron chi connectivity index (χ0n) is 11.6. The first kappa shape index (κ1) is 16.0. The van der Waals surface area contributed by atoms with E-state index >= 15 is 0 Å². The molecule has 22 heavy (non-hydrogen) atoms. The third-order valence-corrected chi connectivity index (χ3v) is 2.73. The number of alkyl halides is 3. The van der Waals surface area contributed by atoms with Crippen LogP contribution in [-0.2, 0) is 9.53 Å². The standard InChI is InChI=1S/C14H13F3N2O3/c1-21-11-5-4-10(9-3-2-6-18-13(9)11)19-12(20)7-22-8-14(15,16)17/h2-6H,7-8H2,1H3,(H,19,20). The minimum Gasteiger partial charge on any atom is -0.494 e. The van der Waals surface area contributed by atoms with Crippen molar-refractivity contribution in [2.75, 3.05) is 25.6 Å². The molecule has 5 nitrogen and oxygen atoms in total. The predicted molar refractivity (Wildman–Crippen MR) is 73.8 cm³/mol. The summed E-state index contributed by atoms with van der Waals surface area (Å²) in [5.41, 5.74) is 0.962. The summed E-state index contributed by atoms with van der Waals surface area (Å²) < 4.78 is 45.3. The van der Waals surface area contributed by atoms with Crippen molar-refractivity contribution in [2.24, 2.45) is 0 Å². The lowest BCUT2D eigenvalue weighted by Gasteiger charge is -2.11. The summed E-state index contributed by atoms with van der Waals surface area (Å²) in [4.78, 5) is 15.8. The van der Waals surface area contributed by atoms with E-state index in [0.29, 0.717) is 22.3 Å². The molecule has 0 spiro atoms. The highest BCUT2D eigenvalue weighted by Gasteiger charge is 2.27. The molecule has 0 aliphatic rings. The highest BCUT2D eigenvalue weighted by atomic mass is 19.4. The van der Waals surface area contributed by atoms with Crippen molar-refractivity contribution in [2.45, 2.75) is 6.18 Å². The van der Waals surface area contributed by atoms with E-state index < -0.39 is 25.3 Å². The summed E-state index contributed by atoms with van der Waals surface area (Å²) in [5, 5.41) is 3.11. The number of amides is 1. The Balaban J connectivity index is 2.10. The lowest BCUT2D eigenvalue weighted by Crippen LogP contribution is -2.24. The maximum Gasteiger partial charge on any atom is 0.411 e. The van der Waals surface area contributed by atoms with Crippen LogP contribution in [0.3, 0.4) is 0 Å². The number of nitrogens with zero attached hydrogens (tertiary/aromatic N) is 1. The van der Waals surface area contributed by atoms with Gasteiger partial charge < -0.3 is 14.8 Å². The lowest BCUT2D eigenvalue weighted by molar-refractivity contribution is -0.174. The second-order valence-electron chi connectivity index (χ2n) is 4.37. The molecule has 1 aromatic carbocycles. The second kappa shape index (κ2) is 6.61. The summed E-state index contributed by atoms with van der Waals surface area (Å²) in [5.74, 6) is -0.151. The Morgan fingerprint density at radius 1 is 1.32 bits per heavy atom. The molecular weight excluding hydrogens is 301 g/mol. The first-order chi connectivity index (χ1) is 10.4. The number of hydrogen-bond donors (Lipinski definition) is 1. The van der Waals surface area contributed by atoms with Gasteiger partial charge in [0, 0.05) is 11.6 Å². The molecule has 0 bridgehead atoms. The molecule has 0 atom stereocenters. The number of aromatic nitrogens is 1. The minimum atomic E-state index is -4.46. The highest BCUT2D eigenvalue weighted by molar-refractivity contribution is 6.03. The number of fused-ring (bicyclic) bond motifs is 1. The number of nitrogens with one attached hydrogen (secondary N) is 1. The lowest BCUT2D eigenvalue weighted by atomic mass is 10.1. The first-order valence-electron chi connectivity index (χ1n) is 6.27. The van der Waals surface area contributed by atoms with E-state index in [4.69, 9.17) is 4.74 Å². The molecule has 0 fully saturated rings. The molecule has 1 N–H and O–H groups in total. The van der Waals surface area contributed by atoms with Gasteiger partial charge in [0.2, 0.25) is 5.91 Å². The number of ether oxygens (including phenoxy) is 2. The van der Waals surface area contributed by atoms with Crippen molar-refractivity contribution in [3.05, 3.63) is 30.5 Å². The Kier molecular flexibility index (Phi) is 4.81. The quantitative estimate of drug-likeness (QED) is 0.922. The average Bonchev–Trinajstić information content (AvgIpc) is 2.46. The van der Waals surface area contributed by atoms with Crippen LogP contribution in [0.1, 0.15) is 0 Å². The number of hydrogen-bond acceptors (Lipinski definition) is 4. The molecule has 2 rings (SSSR count). The number of anilines is 1. The van der Waals surface area contributed by atoms with E-state index in [-0.39, 0.29) is 0 Å². The van der Waals surface area contributed by atoms with Crippen molar-refractivity contribution < 1.29 is 27.4 Å². The van der Waals surface area contributed by atoms with Crippen molar-refractivity contribution in [3.63, 3.8) is 0 Å². The van der Waals surface area contributed by atoms with E-state index in [0.717, 1.165) is 0 Å². The Bertz CT molecular complexity index is 674. The van der Waals surface area contributed by atoms with E-state index in [1.54, 1.807) is 30.5 Å². The van der Waals surface area contributed by atoms with Crippen LogP contribution in [0.25, 0.3) is 10.9 Å². The fourth-order valence-corrected chi connectivity index (χ4v) is 1.87. The number of carbonyl (C=O) groups excluding carboxylic acids is 1. The Labute approximate surface area is 124 Å². The molecular formula is C14H13F3N2O3. The van der Waals surface area contributed by atoms with Crippen LogP contribution in [0.2, 0.25) is 0 Å². The fourth-order valence-electron chi connectivity index (χ4n) is 1.87. The SMILES string of the molecule is COc1ccc(NC(=O)COCC(F)(F)F)c2cccnc12. The molecule has 2 aromatic rings. The predicted octanol–water partition coefficient (Wildman–Crippen LogP) is 2.76. The maximum absolute atomic E-state index is 11.9. The Hall–Kier alpha value is -2.35. The van der Waals surface area contributed by atoms with Crippen LogP contribution in [0.15, 0.2) is 30.5 Å². The van der Waals surface area contributed by atoms with Gasteiger partial charge in [0.1, 0.15) is 24.5 Å². The van der Waals surface area contributed by atoms with E-state index in [1.807, 2.05) is 0 Å². The maximum atomic E-state index is 11.9. The molecule has 1 heterocycles. The zero-order chi connectivity index (χ0) is 16.2. The van der Waals surface area contributed by atoms with Crippen molar-refractivity contribution in [3.8, 4) is 5.75 Å². The van der Waals surface area contributed by atoms with Crippen molar-refractivity contribution in [1.29, 1.82) is 0 Å². The first-order valence-corrected chi connectivity index (χ1v) is 6.27. The van der Waals surface area contributed by atoms with Crippen LogP contribution < -0.4 is 10.1 Å². The molecule has 8 heteroatoms. The summed E-state index contributed by atoms with van der Waals surface area (Å²) >= 11 is 0. The topological polar surface area (TPSA) is 60.5 Å². The minimum absolute atomic E-state index is 0.421. The second-order valence-corrected chi connectivity index (χ2v) is 4.37. The normalized spacial score (nSPS) is 11.5. The molecule has 0 unspecified atom stereocenters. The Morgan fingerprint density at radius 2 is 2.09 bits per heavy atom. The molecule has 118 valence electrons. The van der Waals surface area contributed by atoms with Crippen molar-refractivity contribution in [1.82, 2.24) is 4.98 Å². The highest BCUT2D eigenvalue weighted by Crippen LogP contribution is 2.29. The molecule has 0 saturated heterocycles. The molecule has 1 aromatic heterocycles. The molecule has 0 radical (unpaired) electrons. The largest absolute Gasteiger partial charge is 0.494 e. The number of pyridine rings is 1. The fraction of sp³-hybridized carbons (Fsp3) is 0.286. The number of benzene rings is 1. The van der Waals surface area contributed by atoms with Gasteiger partial charge in [-0.2, -0.15) is 13.2 Å². The van der Waals surface area contributed by atoms with Gasteiger partial charge in [-0.15, -0.1) is 0 Å². The summed E-state index contributed by atoms with van der Waals surface area (Å²) in [6.45, 7) is -2.15. The van der Waals surface area contributed by atoms with Gasteiger partial charge in [-0.25, -0.2) is 0 Å². The van der Waals surface area contributed by atoms with Gasteiger partial charge in [-0.1, -0.05) is 0 Å². The summed E-state index contributed by atoms with van der Waals surface area (Å²) in [6, 6.07) is 6.60. The number of carbonyl (C=O) groups is 1. The van der Waals surface area contributed by atoms with Gasteiger partial charge in [0.05, 0.1) is 12.8 Å². The van der Waals surface area contributed by atoms with Gasteiger partial charge >= 0.3 is 6.18 Å². The average molecular weight is 314 g/mol. The Morgan fingerprint density at radius 3 is 2.77 bits per heavy atom. The summed E-state index contributed by atoms with van der Waals surface area (Å²) in [6.07, 6.45) is -2.89. The molecule has 1 amide bonds. The van der Waals surface area contributed by atoms with Gasteiger partial charge in [0.15, 0.2) is 0 Å². The number of rotatable bonds is 5. The molecule has 0 aliphatic heterocycles. The van der Waals surface area contributed by atoms with Gasteiger partial charge in [-0.3, -0.25) is 9.78 Å². The van der Waals surface area contributed by atoms with Crippen molar-refractivity contribution >= 4 is 22.5 Å². The smallest absolute Gasteiger partial charge is 0.411 e. The van der Waals surface area contributed by atoms with Crippen LogP contribution in [-0.4, -0.2) is 37.4 Å². The number of halogens is 3. The van der Waals surface area contributed by atoms with Gasteiger partial charge in [0.25, 0.3) is 0 Å². The molecule has 0 saturated carbocycles. The third kappa shape index (κ3) is 4.08. The van der Waals surface area contributed by atoms with E-state index in [9.17, 15) is 18.0 Å². The van der Waals surface area contributed by atoms with Gasteiger partial charge in [-0.05, 0) is 24.3 Å². The van der Waals surface area contributed by atoms with Crippen LogP contribution in [0.5, 0.6) is 5.75 Å². The number of methoxy groups -OCH3 is 1. The summed E-state index contributed by atoms with van der Waals surface area (Å²) in [7, 11) is 1.49. The van der Waals surface area contributed by atoms with Crippen LogP contribution in [0.4, 0.5) is 18.9 Å². The third-order valence-electron chi connectivity index (χ3n) is 2.73. The van der Waals surface area contributed by atoms with Crippen LogP contribution >= 0.6 is 0 Å². The van der Waals surface area contributed by atoms with E-state index in [1.165, 1.54) is 7.11 Å².